The first-order chi connectivity index (χ1) is 14.1. The van der Waals surface area contributed by atoms with E-state index < -0.39 is 0 Å². The zero-order valence-electron chi connectivity index (χ0n) is 17.2. The summed E-state index contributed by atoms with van der Waals surface area (Å²) < 4.78 is 2.09. The highest BCUT2D eigenvalue weighted by Crippen LogP contribution is 2.29. The summed E-state index contributed by atoms with van der Waals surface area (Å²) in [7, 11) is 0. The summed E-state index contributed by atoms with van der Waals surface area (Å²) in [5.74, 6) is 1.73. The minimum Gasteiger partial charge on any atom is -0.345 e. The number of amides is 2. The monoisotopic (exact) mass is 411 g/mol. The summed E-state index contributed by atoms with van der Waals surface area (Å²) in [5, 5.41) is 3.19. The molecule has 6 heteroatoms. The highest BCUT2D eigenvalue weighted by Gasteiger charge is 2.32. The second-order valence-electron chi connectivity index (χ2n) is 7.93. The van der Waals surface area contributed by atoms with Crippen molar-refractivity contribution in [2.24, 2.45) is 0 Å². The van der Waals surface area contributed by atoms with E-state index >= 15 is 0 Å². The molecule has 2 amide bonds. The molecular weight excluding hydrogens is 382 g/mol. The van der Waals surface area contributed by atoms with Crippen molar-refractivity contribution in [3.8, 4) is 0 Å². The number of fused-ring (bicyclic) bond motifs is 1. The molecule has 0 aliphatic carbocycles. The number of thioether (sulfide) groups is 1. The third-order valence-electron chi connectivity index (χ3n) is 6.10. The standard InChI is InChI=1S/C23H29N3O2S/c1-3-19(17-9-5-4-6-10-17)24-22(27)18-14-20(26-12-13-29-15-21(18)26)23(28)25-11-7-8-16(25)2/h4-6,9-10,14,16,19H,3,7-8,11-13,15H2,1-2H3,(H,24,27)/t16-,19+/m0/s1. The molecule has 1 aromatic heterocycles. The van der Waals surface area contributed by atoms with E-state index in [1.807, 2.05) is 53.1 Å². The fourth-order valence-corrected chi connectivity index (χ4v) is 5.38. The van der Waals surface area contributed by atoms with Gasteiger partial charge in [0.25, 0.3) is 11.8 Å². The predicted octanol–water partition coefficient (Wildman–Crippen LogP) is 4.24. The number of rotatable bonds is 5. The second kappa shape index (κ2) is 8.66. The molecule has 4 rings (SSSR count). The van der Waals surface area contributed by atoms with Gasteiger partial charge in [0.15, 0.2) is 0 Å². The number of nitrogens with one attached hydrogen (secondary N) is 1. The number of benzene rings is 1. The van der Waals surface area contributed by atoms with Crippen molar-refractivity contribution in [3.63, 3.8) is 0 Å². The molecule has 5 nitrogen and oxygen atoms in total. The highest BCUT2D eigenvalue weighted by molar-refractivity contribution is 7.98. The first kappa shape index (κ1) is 20.1. The van der Waals surface area contributed by atoms with Gasteiger partial charge in [-0.3, -0.25) is 9.59 Å². The van der Waals surface area contributed by atoms with Gasteiger partial charge in [0.2, 0.25) is 0 Å². The topological polar surface area (TPSA) is 54.3 Å². The van der Waals surface area contributed by atoms with Crippen LogP contribution in [0.4, 0.5) is 0 Å². The van der Waals surface area contributed by atoms with E-state index in [-0.39, 0.29) is 23.9 Å². The van der Waals surface area contributed by atoms with Gasteiger partial charge in [-0.25, -0.2) is 0 Å². The lowest BCUT2D eigenvalue weighted by molar-refractivity contribution is 0.0736. The summed E-state index contributed by atoms with van der Waals surface area (Å²) >= 11 is 1.82. The van der Waals surface area contributed by atoms with E-state index in [1.54, 1.807) is 0 Å². The van der Waals surface area contributed by atoms with Crippen molar-refractivity contribution in [1.82, 2.24) is 14.8 Å². The fraction of sp³-hybridized carbons (Fsp3) is 0.478. The molecule has 2 aromatic rings. The van der Waals surface area contributed by atoms with E-state index in [4.69, 9.17) is 0 Å². The molecule has 2 aliphatic rings. The molecular formula is C23H29N3O2S. The molecule has 0 spiro atoms. The summed E-state index contributed by atoms with van der Waals surface area (Å²) in [6.45, 7) is 5.78. The smallest absolute Gasteiger partial charge is 0.270 e. The summed E-state index contributed by atoms with van der Waals surface area (Å²) in [6, 6.07) is 12.1. The first-order valence-corrected chi connectivity index (χ1v) is 11.7. The molecule has 0 radical (unpaired) electrons. The maximum absolute atomic E-state index is 13.2. The quantitative estimate of drug-likeness (QED) is 0.801. The maximum atomic E-state index is 13.2. The van der Waals surface area contributed by atoms with Crippen LogP contribution in [0, 0.1) is 0 Å². The minimum absolute atomic E-state index is 0.0340. The zero-order valence-corrected chi connectivity index (χ0v) is 18.0. The Labute approximate surface area is 176 Å². The molecule has 1 saturated heterocycles. The number of nitrogens with zero attached hydrogens (tertiary/aromatic N) is 2. The van der Waals surface area contributed by atoms with E-state index in [0.29, 0.717) is 11.3 Å². The lowest BCUT2D eigenvalue weighted by Gasteiger charge is -2.24. The van der Waals surface area contributed by atoms with Crippen LogP contribution in [0.15, 0.2) is 36.4 Å². The largest absolute Gasteiger partial charge is 0.345 e. The highest BCUT2D eigenvalue weighted by atomic mass is 32.2. The van der Waals surface area contributed by atoms with Crippen LogP contribution < -0.4 is 5.32 Å². The van der Waals surface area contributed by atoms with Crippen molar-refractivity contribution in [2.45, 2.75) is 57.5 Å². The van der Waals surface area contributed by atoms with Crippen LogP contribution in [-0.2, 0) is 12.3 Å². The number of hydrogen-bond donors (Lipinski definition) is 1. The van der Waals surface area contributed by atoms with Crippen LogP contribution in [0.1, 0.15) is 71.3 Å². The molecule has 1 aromatic carbocycles. The average molecular weight is 412 g/mol. The van der Waals surface area contributed by atoms with Gasteiger partial charge in [0, 0.05) is 36.3 Å². The molecule has 0 unspecified atom stereocenters. The molecule has 2 aliphatic heterocycles. The number of likely N-dealkylation sites (tertiary alicyclic amines) is 1. The van der Waals surface area contributed by atoms with Gasteiger partial charge in [0.05, 0.1) is 11.6 Å². The van der Waals surface area contributed by atoms with Crippen LogP contribution in [0.5, 0.6) is 0 Å². The Hall–Kier alpha value is -2.21. The Balaban J connectivity index is 1.62. The Morgan fingerprint density at radius 1 is 1.24 bits per heavy atom. The van der Waals surface area contributed by atoms with Crippen molar-refractivity contribution < 1.29 is 9.59 Å². The number of carbonyl (C=O) groups is 2. The number of carbonyl (C=O) groups excluding carboxylic acids is 2. The molecule has 1 fully saturated rings. The van der Waals surface area contributed by atoms with E-state index in [9.17, 15) is 9.59 Å². The van der Waals surface area contributed by atoms with Crippen molar-refractivity contribution in [3.05, 3.63) is 58.9 Å². The third kappa shape index (κ3) is 3.95. The van der Waals surface area contributed by atoms with Crippen molar-refractivity contribution in [1.29, 1.82) is 0 Å². The normalized spacial score (nSPS) is 19.7. The van der Waals surface area contributed by atoms with Crippen molar-refractivity contribution in [2.75, 3.05) is 12.3 Å². The van der Waals surface area contributed by atoms with Crippen LogP contribution in [0.2, 0.25) is 0 Å². The Morgan fingerprint density at radius 2 is 2.03 bits per heavy atom. The maximum Gasteiger partial charge on any atom is 0.270 e. The number of aromatic nitrogens is 1. The van der Waals surface area contributed by atoms with Gasteiger partial charge in [-0.1, -0.05) is 37.3 Å². The molecule has 3 heterocycles. The number of hydrogen-bond acceptors (Lipinski definition) is 3. The lowest BCUT2D eigenvalue weighted by Crippen LogP contribution is -2.35. The molecule has 154 valence electrons. The van der Waals surface area contributed by atoms with Crippen LogP contribution >= 0.6 is 11.8 Å². The molecule has 29 heavy (non-hydrogen) atoms. The van der Waals surface area contributed by atoms with E-state index in [0.717, 1.165) is 55.1 Å². The second-order valence-corrected chi connectivity index (χ2v) is 9.03. The van der Waals surface area contributed by atoms with Gasteiger partial charge in [-0.2, -0.15) is 11.8 Å². The van der Waals surface area contributed by atoms with Gasteiger partial charge in [-0.05, 0) is 37.8 Å². The van der Waals surface area contributed by atoms with Crippen LogP contribution in [0.25, 0.3) is 0 Å². The fourth-order valence-electron chi connectivity index (χ4n) is 4.42. The van der Waals surface area contributed by atoms with E-state index in [1.165, 1.54) is 0 Å². The lowest BCUT2D eigenvalue weighted by atomic mass is 10.0. The molecule has 0 bridgehead atoms. The van der Waals surface area contributed by atoms with Gasteiger partial charge in [-0.15, -0.1) is 0 Å². The summed E-state index contributed by atoms with van der Waals surface area (Å²) in [5.41, 5.74) is 3.42. The van der Waals surface area contributed by atoms with Crippen molar-refractivity contribution >= 4 is 23.6 Å². The first-order valence-electron chi connectivity index (χ1n) is 10.6. The van der Waals surface area contributed by atoms with Gasteiger partial charge < -0.3 is 14.8 Å². The summed E-state index contributed by atoms with van der Waals surface area (Å²) in [6.07, 6.45) is 2.92. The molecule has 2 atom stereocenters. The molecule has 0 saturated carbocycles. The minimum atomic E-state index is -0.0829. The van der Waals surface area contributed by atoms with Crippen LogP contribution in [-0.4, -0.2) is 39.6 Å². The third-order valence-corrected chi connectivity index (χ3v) is 7.05. The van der Waals surface area contributed by atoms with E-state index in [2.05, 4.69) is 23.7 Å². The Kier molecular flexibility index (Phi) is 5.99. The SMILES string of the molecule is CC[C@@H](NC(=O)c1cc(C(=O)N2CCC[C@@H]2C)n2c1CSCC2)c1ccccc1. The predicted molar refractivity (Wildman–Crippen MR) is 117 cm³/mol. The van der Waals surface area contributed by atoms with Gasteiger partial charge >= 0.3 is 0 Å². The van der Waals surface area contributed by atoms with Crippen LogP contribution in [0.3, 0.4) is 0 Å². The van der Waals surface area contributed by atoms with Gasteiger partial charge in [0.1, 0.15) is 5.69 Å². The Morgan fingerprint density at radius 3 is 2.72 bits per heavy atom. The summed E-state index contributed by atoms with van der Waals surface area (Å²) in [4.78, 5) is 28.4. The Bertz CT molecular complexity index is 893. The zero-order chi connectivity index (χ0) is 20.4. The average Bonchev–Trinajstić information content (AvgIpc) is 3.36. The molecule has 1 N–H and O–H groups in total.